The number of hydrogen-bond acceptors (Lipinski definition) is 8. The molecule has 3 aliphatic rings. The van der Waals surface area contributed by atoms with Gasteiger partial charge in [-0.25, -0.2) is 10.4 Å². The largest absolute Gasteiger partial charge is 0.402 e. The number of fused-ring (bicyclic) bond motifs is 3. The number of ether oxygens (including phenoxy) is 1. The molecule has 0 aromatic carbocycles. The lowest BCUT2D eigenvalue weighted by Gasteiger charge is -2.47. The van der Waals surface area contributed by atoms with Gasteiger partial charge in [0, 0.05) is 45.0 Å². The molecule has 0 radical (unpaired) electrons. The molecule has 0 bridgehead atoms. The van der Waals surface area contributed by atoms with E-state index >= 15 is 0 Å². The molecule has 0 saturated carbocycles. The van der Waals surface area contributed by atoms with Crippen LogP contribution in [-0.4, -0.2) is 98.3 Å². The molecule has 14 heteroatoms. The molecule has 11 nitrogen and oxygen atoms in total. The minimum atomic E-state index is -4.68. The van der Waals surface area contributed by atoms with Gasteiger partial charge < -0.3 is 24.8 Å². The summed E-state index contributed by atoms with van der Waals surface area (Å²) in [4.78, 5) is 47.5. The average Bonchev–Trinajstić information content (AvgIpc) is 2.85. The molecule has 2 unspecified atom stereocenters. The van der Waals surface area contributed by atoms with Crippen LogP contribution in [0.2, 0.25) is 0 Å². The van der Waals surface area contributed by atoms with E-state index in [9.17, 15) is 27.6 Å². The molecule has 2 saturated heterocycles. The first-order valence-electron chi connectivity index (χ1n) is 12.6. The Morgan fingerprint density at radius 1 is 1.29 bits per heavy atom. The van der Waals surface area contributed by atoms with Crippen LogP contribution in [-0.2, 0) is 19.1 Å². The number of anilines is 2. The smallest absolute Gasteiger partial charge is 0.379 e. The average molecular weight is 542 g/mol. The van der Waals surface area contributed by atoms with Crippen molar-refractivity contribution >= 4 is 29.2 Å². The van der Waals surface area contributed by atoms with Gasteiger partial charge in [-0.15, -0.1) is 0 Å². The summed E-state index contributed by atoms with van der Waals surface area (Å²) in [5.41, 5.74) is 7.28. The van der Waals surface area contributed by atoms with Crippen molar-refractivity contribution in [3.05, 3.63) is 17.3 Å². The van der Waals surface area contributed by atoms with E-state index in [4.69, 9.17) is 4.74 Å². The summed E-state index contributed by atoms with van der Waals surface area (Å²) in [6, 6.07) is -2.14. The third kappa shape index (κ3) is 5.57. The van der Waals surface area contributed by atoms with E-state index in [1.165, 1.54) is 0 Å². The number of hydrogen-bond donors (Lipinski definition) is 3. The molecule has 3 N–H and O–H groups in total. The summed E-state index contributed by atoms with van der Waals surface area (Å²) >= 11 is 0. The van der Waals surface area contributed by atoms with Crippen LogP contribution in [0.3, 0.4) is 0 Å². The molecular weight excluding hydrogens is 507 g/mol. The van der Waals surface area contributed by atoms with Gasteiger partial charge in [0.2, 0.25) is 11.8 Å². The summed E-state index contributed by atoms with van der Waals surface area (Å²) in [6.45, 7) is 6.79. The molecule has 0 aliphatic carbocycles. The maximum atomic E-state index is 13.3. The standard InChI is InChI=1S/C24H34F3N7O4/c1-13-9-28-21-20(15(13)3)32(4)23(37)17-11-33(6-7-34(17)21)18(35)5-8-38-12-14(2)30-16-10-29-31-22(36)19(16)24(25,26)27/h9,14,16-17,19,29-30H,5-8,10-12H2,1-4H3,(H,31,36)/t14-,16?,17-,19?/m0/s1. The van der Waals surface area contributed by atoms with Crippen LogP contribution >= 0.6 is 0 Å². The molecule has 1 aromatic heterocycles. The highest BCUT2D eigenvalue weighted by Crippen LogP contribution is 2.38. The Morgan fingerprint density at radius 2 is 2.03 bits per heavy atom. The minimum absolute atomic E-state index is 0.0664. The maximum absolute atomic E-state index is 13.3. The summed E-state index contributed by atoms with van der Waals surface area (Å²) < 4.78 is 45.4. The normalized spacial score (nSPS) is 24.6. The highest BCUT2D eigenvalue weighted by atomic mass is 19.4. The van der Waals surface area contributed by atoms with Crippen molar-refractivity contribution in [2.75, 3.05) is 56.2 Å². The van der Waals surface area contributed by atoms with E-state index in [1.54, 1.807) is 30.0 Å². The fraction of sp³-hybridized carbons (Fsp3) is 0.667. The van der Waals surface area contributed by atoms with Gasteiger partial charge in [0.15, 0.2) is 11.7 Å². The zero-order valence-electron chi connectivity index (χ0n) is 21.9. The van der Waals surface area contributed by atoms with Crippen molar-refractivity contribution in [1.29, 1.82) is 0 Å². The van der Waals surface area contributed by atoms with E-state index in [1.807, 2.05) is 24.2 Å². The van der Waals surface area contributed by atoms with Crippen molar-refractivity contribution < 1.29 is 32.3 Å². The van der Waals surface area contributed by atoms with Crippen LogP contribution < -0.4 is 26.0 Å². The first-order valence-corrected chi connectivity index (χ1v) is 12.6. The topological polar surface area (TPSA) is 119 Å². The first kappa shape index (κ1) is 28.0. The molecule has 3 amide bonds. The molecule has 4 atom stereocenters. The van der Waals surface area contributed by atoms with Crippen LogP contribution in [0.5, 0.6) is 0 Å². The third-order valence-corrected chi connectivity index (χ3v) is 7.39. The number of nitrogens with zero attached hydrogens (tertiary/aromatic N) is 4. The number of carbonyl (C=O) groups excluding carboxylic acids is 3. The number of aromatic nitrogens is 1. The number of piperazine rings is 1. The summed E-state index contributed by atoms with van der Waals surface area (Å²) in [6.07, 6.45) is -2.80. The second-order valence-corrected chi connectivity index (χ2v) is 10.1. The van der Waals surface area contributed by atoms with Gasteiger partial charge in [-0.2, -0.15) is 13.2 Å². The summed E-state index contributed by atoms with van der Waals surface area (Å²) in [7, 11) is 1.73. The third-order valence-electron chi connectivity index (χ3n) is 7.39. The van der Waals surface area contributed by atoms with E-state index in [-0.39, 0.29) is 44.5 Å². The Kier molecular flexibility index (Phi) is 8.14. The quantitative estimate of drug-likeness (QED) is 0.421. The van der Waals surface area contributed by atoms with E-state index in [2.05, 4.69) is 15.7 Å². The van der Waals surface area contributed by atoms with Crippen molar-refractivity contribution in [3.8, 4) is 0 Å². The number of aryl methyl sites for hydroxylation is 1. The lowest BCUT2D eigenvalue weighted by Crippen LogP contribution is -2.65. The molecule has 4 rings (SSSR count). The van der Waals surface area contributed by atoms with Crippen LogP contribution in [0.25, 0.3) is 0 Å². The molecular formula is C24H34F3N7O4. The number of rotatable bonds is 7. The van der Waals surface area contributed by atoms with E-state index < -0.39 is 36.1 Å². The number of carbonyl (C=O) groups is 3. The van der Waals surface area contributed by atoms with Gasteiger partial charge in [-0.3, -0.25) is 19.8 Å². The lowest BCUT2D eigenvalue weighted by molar-refractivity contribution is -0.193. The Hall–Kier alpha value is -2.97. The number of hydrazine groups is 1. The van der Waals surface area contributed by atoms with Crippen LogP contribution in [0.15, 0.2) is 6.20 Å². The Balaban J connectivity index is 1.26. The zero-order valence-corrected chi connectivity index (χ0v) is 21.9. The van der Waals surface area contributed by atoms with Gasteiger partial charge in [-0.1, -0.05) is 0 Å². The molecule has 3 aliphatic heterocycles. The Morgan fingerprint density at radius 3 is 2.74 bits per heavy atom. The van der Waals surface area contributed by atoms with E-state index in [0.29, 0.717) is 13.1 Å². The highest BCUT2D eigenvalue weighted by molar-refractivity contribution is 6.06. The first-order chi connectivity index (χ1) is 17.9. The minimum Gasteiger partial charge on any atom is -0.379 e. The number of amides is 3. The van der Waals surface area contributed by atoms with Crippen molar-refractivity contribution in [2.45, 2.75) is 51.5 Å². The maximum Gasteiger partial charge on any atom is 0.402 e. The Labute approximate surface area is 219 Å². The van der Waals surface area contributed by atoms with Crippen molar-refractivity contribution in [2.24, 2.45) is 5.92 Å². The highest BCUT2D eigenvalue weighted by Gasteiger charge is 2.51. The second-order valence-electron chi connectivity index (χ2n) is 10.1. The van der Waals surface area contributed by atoms with Crippen LogP contribution in [0, 0.1) is 19.8 Å². The van der Waals surface area contributed by atoms with Gasteiger partial charge in [0.1, 0.15) is 6.04 Å². The SMILES string of the molecule is Cc1cnc2c(c1C)N(C)C(=O)[C@@H]1CN(C(=O)CCOC[C@H](C)NC3CNNC(=O)C3C(F)(F)F)CCN21. The van der Waals surface area contributed by atoms with Gasteiger partial charge in [0.05, 0.1) is 31.9 Å². The number of nitrogens with one attached hydrogen (secondary N) is 3. The van der Waals surface area contributed by atoms with E-state index in [0.717, 1.165) is 22.6 Å². The van der Waals surface area contributed by atoms with Gasteiger partial charge >= 0.3 is 6.18 Å². The van der Waals surface area contributed by atoms with Crippen LogP contribution in [0.4, 0.5) is 24.7 Å². The predicted octanol–water partition coefficient (Wildman–Crippen LogP) is 0.258. The lowest BCUT2D eigenvalue weighted by atomic mass is 9.96. The fourth-order valence-corrected chi connectivity index (χ4v) is 5.24. The molecule has 1 aromatic rings. The fourth-order valence-electron chi connectivity index (χ4n) is 5.24. The predicted molar refractivity (Wildman–Crippen MR) is 132 cm³/mol. The molecule has 0 spiro atoms. The monoisotopic (exact) mass is 541 g/mol. The van der Waals surface area contributed by atoms with Gasteiger partial charge in [-0.05, 0) is 31.9 Å². The molecule has 38 heavy (non-hydrogen) atoms. The molecule has 4 heterocycles. The Bertz CT molecular complexity index is 1090. The number of halogens is 3. The summed E-state index contributed by atoms with van der Waals surface area (Å²) in [5.74, 6) is -2.81. The van der Waals surface area contributed by atoms with Gasteiger partial charge in [0.25, 0.3) is 5.91 Å². The van der Waals surface area contributed by atoms with Crippen molar-refractivity contribution in [3.63, 3.8) is 0 Å². The van der Waals surface area contributed by atoms with Crippen LogP contribution in [0.1, 0.15) is 24.5 Å². The number of alkyl halides is 3. The molecule has 210 valence electrons. The second kappa shape index (κ2) is 11.0. The van der Waals surface area contributed by atoms with Crippen molar-refractivity contribution in [1.82, 2.24) is 26.1 Å². The summed E-state index contributed by atoms with van der Waals surface area (Å²) in [5, 5.41) is 2.80. The molecule has 2 fully saturated rings. The zero-order chi connectivity index (χ0) is 27.8. The number of likely N-dealkylation sites (N-methyl/N-ethyl adjacent to an activating group) is 1. The number of pyridine rings is 1.